The van der Waals surface area contributed by atoms with Gasteiger partial charge in [-0.25, -0.2) is 0 Å². The van der Waals surface area contributed by atoms with Crippen LogP contribution in [0.25, 0.3) is 0 Å². The Morgan fingerprint density at radius 2 is 1.86 bits per heavy atom. The van der Waals surface area contributed by atoms with Gasteiger partial charge in [0, 0.05) is 13.7 Å². The molecule has 0 saturated carbocycles. The topological polar surface area (TPSA) is 35.2 Å². The predicted octanol–water partition coefficient (Wildman–Crippen LogP) is 0.864. The third-order valence-corrected chi connectivity index (χ3v) is 0.322. The Labute approximate surface area is 46.7 Å². The highest BCUT2D eigenvalue weighted by Gasteiger charge is 1.65. The second-order valence-electron chi connectivity index (χ2n) is 0.781. The van der Waals surface area contributed by atoms with Gasteiger partial charge in [-0.1, -0.05) is 14.9 Å². The van der Waals surface area contributed by atoms with Crippen molar-refractivity contribution in [3.8, 4) is 0 Å². The lowest BCUT2D eigenvalue weighted by molar-refractivity contribution is 0.207. The van der Waals surface area contributed by atoms with Crippen molar-refractivity contribution in [2.75, 3.05) is 20.3 Å². The van der Waals surface area contributed by atoms with Crippen molar-refractivity contribution in [2.45, 2.75) is 14.9 Å². The van der Waals surface area contributed by atoms with Crippen LogP contribution in [0, 0.1) is 0 Å². The number of nitrogens with two attached hydrogens (primary N) is 1. The quantitative estimate of drug-likeness (QED) is 0.568. The molecule has 0 saturated heterocycles. The van der Waals surface area contributed by atoms with Crippen molar-refractivity contribution < 1.29 is 4.74 Å². The van der Waals surface area contributed by atoms with Crippen molar-refractivity contribution in [2.24, 2.45) is 5.73 Å². The average Bonchev–Trinajstić information content (AvgIpc) is 1.41. The van der Waals surface area contributed by atoms with Gasteiger partial charge in [-0.15, -0.1) is 0 Å². The standard InChI is InChI=1S/C3H9NO.2CH4/c1-5-3-2-4;;/h2-4H2,1H3;2*1H4. The normalized spacial score (nSPS) is 6.00. The molecule has 0 aromatic carbocycles. The third kappa shape index (κ3) is 24.7. The van der Waals surface area contributed by atoms with E-state index in [0.29, 0.717) is 13.2 Å². The molecule has 0 atom stereocenters. The van der Waals surface area contributed by atoms with E-state index in [1.54, 1.807) is 7.11 Å². The Morgan fingerprint density at radius 1 is 1.43 bits per heavy atom. The minimum atomic E-state index is 0. The second-order valence-corrected chi connectivity index (χ2v) is 0.781. The summed E-state index contributed by atoms with van der Waals surface area (Å²) in [7, 11) is 1.63. The summed E-state index contributed by atoms with van der Waals surface area (Å²) in [6, 6.07) is 0. The summed E-state index contributed by atoms with van der Waals surface area (Å²) in [5.41, 5.74) is 5.01. The largest absolute Gasteiger partial charge is 0.383 e. The van der Waals surface area contributed by atoms with Crippen LogP contribution in [0.3, 0.4) is 0 Å². The van der Waals surface area contributed by atoms with E-state index in [1.165, 1.54) is 0 Å². The monoisotopic (exact) mass is 107 g/mol. The molecule has 0 amide bonds. The average molecular weight is 107 g/mol. The van der Waals surface area contributed by atoms with Crippen LogP contribution in [-0.4, -0.2) is 20.3 Å². The van der Waals surface area contributed by atoms with Gasteiger partial charge in [0.25, 0.3) is 0 Å². The second kappa shape index (κ2) is 16.8. The molecule has 7 heavy (non-hydrogen) atoms. The van der Waals surface area contributed by atoms with Gasteiger partial charge in [0.1, 0.15) is 0 Å². The van der Waals surface area contributed by atoms with Gasteiger partial charge in [-0.3, -0.25) is 0 Å². The Morgan fingerprint density at radius 3 is 1.86 bits per heavy atom. The van der Waals surface area contributed by atoms with Crippen LogP contribution < -0.4 is 5.73 Å². The van der Waals surface area contributed by atoms with Crippen LogP contribution in [0.1, 0.15) is 14.9 Å². The van der Waals surface area contributed by atoms with Crippen LogP contribution in [0.15, 0.2) is 0 Å². The van der Waals surface area contributed by atoms with Gasteiger partial charge < -0.3 is 10.5 Å². The van der Waals surface area contributed by atoms with Gasteiger partial charge in [-0.05, 0) is 0 Å². The van der Waals surface area contributed by atoms with Crippen LogP contribution in [0.4, 0.5) is 0 Å². The number of ether oxygens (including phenoxy) is 1. The number of hydrogen-bond acceptors (Lipinski definition) is 2. The molecule has 0 heterocycles. The Bertz CT molecular complexity index is 15.6. The fraction of sp³-hybridized carbons (Fsp3) is 1.00. The summed E-state index contributed by atoms with van der Waals surface area (Å²) >= 11 is 0. The molecule has 2 nitrogen and oxygen atoms in total. The number of hydrogen-bond donors (Lipinski definition) is 1. The van der Waals surface area contributed by atoms with Crippen LogP contribution in [0.5, 0.6) is 0 Å². The minimum absolute atomic E-state index is 0. The molecule has 0 aliphatic carbocycles. The van der Waals surface area contributed by atoms with Gasteiger partial charge in [0.2, 0.25) is 0 Å². The van der Waals surface area contributed by atoms with Gasteiger partial charge >= 0.3 is 0 Å². The van der Waals surface area contributed by atoms with Crippen LogP contribution >= 0.6 is 0 Å². The molecule has 0 radical (unpaired) electrons. The summed E-state index contributed by atoms with van der Waals surface area (Å²) in [6.45, 7) is 1.29. The zero-order valence-corrected chi connectivity index (χ0v) is 3.40. The molecule has 0 aromatic heterocycles. The molecule has 2 N–H and O–H groups in total. The van der Waals surface area contributed by atoms with Crippen molar-refractivity contribution in [3.05, 3.63) is 0 Å². The van der Waals surface area contributed by atoms with Crippen molar-refractivity contribution in [1.29, 1.82) is 0 Å². The lowest BCUT2D eigenvalue weighted by atomic mass is 10.7. The van der Waals surface area contributed by atoms with Gasteiger partial charge in [0.15, 0.2) is 0 Å². The number of methoxy groups -OCH3 is 1. The number of rotatable bonds is 2. The highest BCUT2D eigenvalue weighted by Crippen LogP contribution is 1.53. The first kappa shape index (κ1) is 15.8. The first-order valence-corrected chi connectivity index (χ1v) is 1.61. The van der Waals surface area contributed by atoms with E-state index >= 15 is 0 Å². The van der Waals surface area contributed by atoms with E-state index in [4.69, 9.17) is 5.73 Å². The fourth-order valence-corrected chi connectivity index (χ4v) is 0.118. The van der Waals surface area contributed by atoms with E-state index in [0.717, 1.165) is 0 Å². The molecule has 0 aromatic rings. The summed E-state index contributed by atoms with van der Waals surface area (Å²) < 4.78 is 4.57. The maximum absolute atomic E-state index is 5.01. The molecule has 0 aliphatic heterocycles. The summed E-state index contributed by atoms with van der Waals surface area (Å²) in [6.07, 6.45) is 0. The van der Waals surface area contributed by atoms with Crippen molar-refractivity contribution in [3.63, 3.8) is 0 Å². The lowest BCUT2D eigenvalue weighted by Gasteiger charge is -1.85. The van der Waals surface area contributed by atoms with Crippen molar-refractivity contribution in [1.82, 2.24) is 0 Å². The Kier molecular flexibility index (Phi) is 37.9. The first-order valence-electron chi connectivity index (χ1n) is 1.61. The molecule has 0 aliphatic rings. The van der Waals surface area contributed by atoms with E-state index in [9.17, 15) is 0 Å². The molecule has 2 heteroatoms. The molecule has 0 bridgehead atoms. The van der Waals surface area contributed by atoms with Crippen molar-refractivity contribution >= 4 is 0 Å². The molecular weight excluding hydrogens is 90.1 g/mol. The molecule has 0 unspecified atom stereocenters. The molecule has 0 rings (SSSR count). The molecule has 0 spiro atoms. The fourth-order valence-electron chi connectivity index (χ4n) is 0.118. The smallest absolute Gasteiger partial charge is 0.0584 e. The lowest BCUT2D eigenvalue weighted by Crippen LogP contribution is -2.05. The summed E-state index contributed by atoms with van der Waals surface area (Å²) in [5.74, 6) is 0. The highest BCUT2D eigenvalue weighted by atomic mass is 16.5. The third-order valence-electron chi connectivity index (χ3n) is 0.322. The first-order chi connectivity index (χ1) is 2.41. The van der Waals surface area contributed by atoms with Gasteiger partial charge in [-0.2, -0.15) is 0 Å². The molecule has 0 fully saturated rings. The SMILES string of the molecule is C.C.COCCN. The van der Waals surface area contributed by atoms with E-state index in [-0.39, 0.29) is 14.9 Å². The highest BCUT2D eigenvalue weighted by molar-refractivity contribution is 4.22. The zero-order valence-electron chi connectivity index (χ0n) is 3.40. The molecular formula is C5H17NO. The maximum Gasteiger partial charge on any atom is 0.0584 e. The maximum atomic E-state index is 5.01. The van der Waals surface area contributed by atoms with E-state index in [1.807, 2.05) is 0 Å². The van der Waals surface area contributed by atoms with Crippen LogP contribution in [0.2, 0.25) is 0 Å². The Balaban J connectivity index is -0.0000000800. The van der Waals surface area contributed by atoms with Crippen LogP contribution in [-0.2, 0) is 4.74 Å². The van der Waals surface area contributed by atoms with E-state index in [2.05, 4.69) is 4.74 Å². The van der Waals surface area contributed by atoms with Gasteiger partial charge in [0.05, 0.1) is 6.61 Å². The minimum Gasteiger partial charge on any atom is -0.383 e. The van der Waals surface area contributed by atoms with E-state index < -0.39 is 0 Å². The zero-order chi connectivity index (χ0) is 4.12. The predicted molar refractivity (Wildman–Crippen MR) is 34.4 cm³/mol. The molecule has 48 valence electrons. The summed E-state index contributed by atoms with van der Waals surface area (Å²) in [4.78, 5) is 0. The summed E-state index contributed by atoms with van der Waals surface area (Å²) in [5, 5.41) is 0. The Hall–Kier alpha value is -0.0800.